The zero-order valence-electron chi connectivity index (χ0n) is 16.9. The molecule has 0 bridgehead atoms. The molecule has 1 aliphatic rings. The summed E-state index contributed by atoms with van der Waals surface area (Å²) >= 11 is 0. The van der Waals surface area contributed by atoms with Crippen LogP contribution in [-0.2, 0) is 14.3 Å². The number of carbonyl (C=O) groups is 3. The normalized spacial score (nSPS) is 16.3. The summed E-state index contributed by atoms with van der Waals surface area (Å²) in [6.45, 7) is 8.02. The predicted molar refractivity (Wildman–Crippen MR) is 101 cm³/mol. The highest BCUT2D eigenvalue weighted by atomic mass is 16.5. The van der Waals surface area contributed by atoms with E-state index in [9.17, 15) is 14.4 Å². The van der Waals surface area contributed by atoms with Gasteiger partial charge < -0.3 is 19.9 Å². The Morgan fingerprint density at radius 2 is 1.85 bits per heavy atom. The fourth-order valence-electron chi connectivity index (χ4n) is 3.28. The van der Waals surface area contributed by atoms with Gasteiger partial charge in [0.1, 0.15) is 6.04 Å². The van der Waals surface area contributed by atoms with Crippen molar-refractivity contribution in [2.45, 2.75) is 58.9 Å². The molecule has 26 heavy (non-hydrogen) atoms. The predicted octanol–water partition coefficient (Wildman–Crippen LogP) is 2.25. The minimum atomic E-state index is -0.591. The number of piperidine rings is 1. The van der Waals surface area contributed by atoms with Crippen molar-refractivity contribution in [3.63, 3.8) is 0 Å². The molecule has 0 saturated carbocycles. The summed E-state index contributed by atoms with van der Waals surface area (Å²) in [6, 6.07) is -0.582. The number of methoxy groups -OCH3 is 1. The third kappa shape index (κ3) is 6.84. The fourth-order valence-corrected chi connectivity index (χ4v) is 3.28. The third-order valence-electron chi connectivity index (χ3n) is 4.86. The van der Waals surface area contributed by atoms with Gasteiger partial charge in [-0.25, -0.2) is 4.79 Å². The molecule has 1 atom stereocenters. The van der Waals surface area contributed by atoms with Crippen LogP contribution in [0.25, 0.3) is 0 Å². The van der Waals surface area contributed by atoms with Gasteiger partial charge >= 0.3 is 6.09 Å². The number of rotatable bonds is 8. The van der Waals surface area contributed by atoms with Crippen LogP contribution in [0.1, 0.15) is 52.9 Å². The first-order valence-corrected chi connectivity index (χ1v) is 9.68. The number of ether oxygens (including phenoxy) is 1. The molecule has 0 aromatic heterocycles. The number of hydrogen-bond donors (Lipinski definition) is 1. The second-order valence-corrected chi connectivity index (χ2v) is 7.53. The van der Waals surface area contributed by atoms with Gasteiger partial charge in [0.15, 0.2) is 0 Å². The highest BCUT2D eigenvalue weighted by molar-refractivity contribution is 5.86. The van der Waals surface area contributed by atoms with Crippen molar-refractivity contribution in [1.82, 2.24) is 15.1 Å². The average molecular weight is 370 g/mol. The van der Waals surface area contributed by atoms with Gasteiger partial charge in [0.05, 0.1) is 7.11 Å². The van der Waals surface area contributed by atoms with E-state index >= 15 is 0 Å². The largest absolute Gasteiger partial charge is 0.453 e. The first-order chi connectivity index (χ1) is 12.3. The van der Waals surface area contributed by atoms with Crippen LogP contribution >= 0.6 is 0 Å². The van der Waals surface area contributed by atoms with Crippen molar-refractivity contribution in [2.24, 2.45) is 11.8 Å². The molecule has 7 heteroatoms. The fraction of sp³-hybridized carbons (Fsp3) is 0.842. The first-order valence-electron chi connectivity index (χ1n) is 9.68. The number of nitrogens with zero attached hydrogens (tertiary/aromatic N) is 2. The number of alkyl carbamates (subject to hydrolysis) is 1. The Kier molecular flexibility index (Phi) is 9.44. The quantitative estimate of drug-likeness (QED) is 0.712. The van der Waals surface area contributed by atoms with E-state index in [-0.39, 0.29) is 23.7 Å². The Labute approximate surface area is 157 Å². The molecule has 1 saturated heterocycles. The van der Waals surface area contributed by atoms with Crippen LogP contribution in [0.3, 0.4) is 0 Å². The molecule has 1 heterocycles. The van der Waals surface area contributed by atoms with E-state index in [2.05, 4.69) is 17.0 Å². The summed E-state index contributed by atoms with van der Waals surface area (Å²) in [7, 11) is 3.15. The molecule has 1 unspecified atom stereocenters. The van der Waals surface area contributed by atoms with Gasteiger partial charge in [0.2, 0.25) is 11.8 Å². The van der Waals surface area contributed by atoms with Crippen molar-refractivity contribution in [3.05, 3.63) is 0 Å². The summed E-state index contributed by atoms with van der Waals surface area (Å²) in [4.78, 5) is 40.4. The molecule has 0 aliphatic carbocycles. The van der Waals surface area contributed by atoms with Crippen molar-refractivity contribution < 1.29 is 19.1 Å². The van der Waals surface area contributed by atoms with Crippen molar-refractivity contribution >= 4 is 17.9 Å². The smallest absolute Gasteiger partial charge is 0.407 e. The van der Waals surface area contributed by atoms with E-state index in [1.54, 1.807) is 4.90 Å². The lowest BCUT2D eigenvalue weighted by molar-refractivity contribution is -0.141. The van der Waals surface area contributed by atoms with Crippen molar-refractivity contribution in [2.75, 3.05) is 33.8 Å². The van der Waals surface area contributed by atoms with Crippen LogP contribution in [-0.4, -0.2) is 67.5 Å². The number of carbonyl (C=O) groups excluding carboxylic acids is 3. The maximum Gasteiger partial charge on any atom is 0.407 e. The Balaban J connectivity index is 2.59. The van der Waals surface area contributed by atoms with E-state index in [0.29, 0.717) is 32.4 Å². The van der Waals surface area contributed by atoms with Gasteiger partial charge in [-0.15, -0.1) is 0 Å². The molecule has 3 amide bonds. The standard InChI is InChI=1S/C19H35N3O4/c1-6-7-10-21(4)17(23)15-8-11-22(12-9-15)18(24)16(13-14(2)3)20-19(25)26-5/h14-16H,6-13H2,1-5H3,(H,20,25). The Morgan fingerprint density at radius 1 is 1.23 bits per heavy atom. The lowest BCUT2D eigenvalue weighted by Crippen LogP contribution is -2.52. The summed E-state index contributed by atoms with van der Waals surface area (Å²) < 4.78 is 4.64. The van der Waals surface area contributed by atoms with Crippen LogP contribution in [0, 0.1) is 11.8 Å². The van der Waals surface area contributed by atoms with Crippen molar-refractivity contribution in [1.29, 1.82) is 0 Å². The van der Waals surface area contributed by atoms with Gasteiger partial charge in [-0.05, 0) is 31.6 Å². The number of nitrogens with one attached hydrogen (secondary N) is 1. The molecule has 0 aromatic rings. The van der Waals surface area contributed by atoms with Crippen LogP contribution in [0.5, 0.6) is 0 Å². The average Bonchev–Trinajstić information content (AvgIpc) is 2.63. The molecule has 0 spiro atoms. The monoisotopic (exact) mass is 369 g/mol. The Morgan fingerprint density at radius 3 is 2.35 bits per heavy atom. The van der Waals surface area contributed by atoms with Crippen molar-refractivity contribution in [3.8, 4) is 0 Å². The van der Waals surface area contributed by atoms with E-state index < -0.39 is 12.1 Å². The van der Waals surface area contributed by atoms with Gasteiger partial charge in [0, 0.05) is 32.6 Å². The van der Waals surface area contributed by atoms with E-state index in [1.807, 2.05) is 25.8 Å². The molecule has 7 nitrogen and oxygen atoms in total. The topological polar surface area (TPSA) is 79.0 Å². The third-order valence-corrected chi connectivity index (χ3v) is 4.86. The van der Waals surface area contributed by atoms with Gasteiger partial charge in [-0.3, -0.25) is 9.59 Å². The minimum absolute atomic E-state index is 0.0157. The van der Waals surface area contributed by atoms with Crippen LogP contribution in [0.4, 0.5) is 4.79 Å². The molecule has 0 radical (unpaired) electrons. The molecular weight excluding hydrogens is 334 g/mol. The molecule has 1 aliphatic heterocycles. The molecule has 1 N–H and O–H groups in total. The molecule has 1 rings (SSSR count). The molecule has 0 aromatic carbocycles. The first kappa shape index (κ1) is 22.3. The highest BCUT2D eigenvalue weighted by Crippen LogP contribution is 2.21. The maximum atomic E-state index is 12.8. The second kappa shape index (κ2) is 11.0. The van der Waals surface area contributed by atoms with Gasteiger partial charge in [0.25, 0.3) is 0 Å². The number of likely N-dealkylation sites (tertiary alicyclic amines) is 1. The zero-order valence-corrected chi connectivity index (χ0v) is 16.9. The maximum absolute atomic E-state index is 12.8. The summed E-state index contributed by atoms with van der Waals surface area (Å²) in [5, 5.41) is 2.64. The molecule has 150 valence electrons. The molecular formula is C19H35N3O4. The van der Waals surface area contributed by atoms with E-state index in [0.717, 1.165) is 19.4 Å². The van der Waals surface area contributed by atoms with E-state index in [4.69, 9.17) is 0 Å². The number of hydrogen-bond acceptors (Lipinski definition) is 4. The summed E-state index contributed by atoms with van der Waals surface area (Å²) in [5.41, 5.74) is 0. The van der Waals surface area contributed by atoms with E-state index in [1.165, 1.54) is 7.11 Å². The summed E-state index contributed by atoms with van der Waals surface area (Å²) in [6.07, 6.45) is 3.39. The highest BCUT2D eigenvalue weighted by Gasteiger charge is 2.32. The lowest BCUT2D eigenvalue weighted by atomic mass is 9.94. The minimum Gasteiger partial charge on any atom is -0.453 e. The van der Waals surface area contributed by atoms with Gasteiger partial charge in [-0.1, -0.05) is 27.2 Å². The second-order valence-electron chi connectivity index (χ2n) is 7.53. The van der Waals surface area contributed by atoms with Gasteiger partial charge in [-0.2, -0.15) is 0 Å². The number of amides is 3. The van der Waals surface area contributed by atoms with Crippen LogP contribution in [0.15, 0.2) is 0 Å². The zero-order chi connectivity index (χ0) is 19.7. The number of unbranched alkanes of at least 4 members (excludes halogenated alkanes) is 1. The molecule has 1 fully saturated rings. The Bertz CT molecular complexity index is 473. The van der Waals surface area contributed by atoms with Crippen LogP contribution < -0.4 is 5.32 Å². The Hall–Kier alpha value is -1.79. The summed E-state index contributed by atoms with van der Waals surface area (Å²) in [5.74, 6) is 0.344. The lowest BCUT2D eigenvalue weighted by Gasteiger charge is -2.35. The van der Waals surface area contributed by atoms with Crippen LogP contribution in [0.2, 0.25) is 0 Å². The SMILES string of the molecule is CCCCN(C)C(=O)C1CCN(C(=O)C(CC(C)C)NC(=O)OC)CC1.